The van der Waals surface area contributed by atoms with Crippen LogP contribution in [0.3, 0.4) is 0 Å². The van der Waals surface area contributed by atoms with Crippen LogP contribution in [-0.2, 0) is 6.42 Å². The fourth-order valence-corrected chi connectivity index (χ4v) is 2.47. The number of hydrogen-bond acceptors (Lipinski definition) is 2. The molecule has 0 saturated heterocycles. The Morgan fingerprint density at radius 2 is 1.77 bits per heavy atom. The third kappa shape index (κ3) is 2.98. The number of alkyl halides is 3. The van der Waals surface area contributed by atoms with Gasteiger partial charge in [0.25, 0.3) is 0 Å². The predicted molar refractivity (Wildman–Crippen MR) is 69.6 cm³/mol. The summed E-state index contributed by atoms with van der Waals surface area (Å²) in [5, 5.41) is 3.06. The SMILES string of the molecule is Fc1ccc(C2Cc3cc(OC(F)(F)F)ccc3N2)cc1F. The highest BCUT2D eigenvalue weighted by molar-refractivity contribution is 5.60. The van der Waals surface area contributed by atoms with Gasteiger partial charge in [0.15, 0.2) is 11.6 Å². The lowest BCUT2D eigenvalue weighted by molar-refractivity contribution is -0.274. The second kappa shape index (κ2) is 5.15. The molecule has 1 unspecified atom stereocenters. The van der Waals surface area contributed by atoms with Crippen LogP contribution in [0, 0.1) is 11.6 Å². The summed E-state index contributed by atoms with van der Waals surface area (Å²) in [6, 6.07) is 7.17. The molecule has 2 aromatic rings. The number of anilines is 1. The molecule has 1 aliphatic rings. The van der Waals surface area contributed by atoms with E-state index in [1.165, 1.54) is 24.3 Å². The van der Waals surface area contributed by atoms with Crippen molar-refractivity contribution in [3.05, 3.63) is 59.2 Å². The van der Waals surface area contributed by atoms with Crippen molar-refractivity contribution >= 4 is 5.69 Å². The van der Waals surface area contributed by atoms with Crippen LogP contribution in [0.15, 0.2) is 36.4 Å². The average Bonchev–Trinajstić information content (AvgIpc) is 2.83. The van der Waals surface area contributed by atoms with E-state index >= 15 is 0 Å². The van der Waals surface area contributed by atoms with Crippen LogP contribution in [0.2, 0.25) is 0 Å². The molecule has 0 radical (unpaired) electrons. The van der Waals surface area contributed by atoms with Gasteiger partial charge in [-0.05, 0) is 47.9 Å². The summed E-state index contributed by atoms with van der Waals surface area (Å²) in [5.41, 5.74) is 1.79. The van der Waals surface area contributed by atoms with E-state index < -0.39 is 18.0 Å². The number of halogens is 5. The molecule has 7 heteroatoms. The molecule has 1 heterocycles. The third-order valence-electron chi connectivity index (χ3n) is 3.41. The molecule has 116 valence electrons. The van der Waals surface area contributed by atoms with Crippen LogP contribution in [0.1, 0.15) is 17.2 Å². The zero-order valence-electron chi connectivity index (χ0n) is 11.0. The first-order chi connectivity index (χ1) is 10.3. The number of hydrogen-bond donors (Lipinski definition) is 1. The Labute approximate surface area is 122 Å². The van der Waals surface area contributed by atoms with Gasteiger partial charge < -0.3 is 10.1 Å². The second-order valence-electron chi connectivity index (χ2n) is 4.94. The minimum absolute atomic E-state index is 0.306. The molecule has 0 amide bonds. The van der Waals surface area contributed by atoms with Gasteiger partial charge in [0.1, 0.15) is 5.75 Å². The molecule has 2 aromatic carbocycles. The van der Waals surface area contributed by atoms with Crippen LogP contribution < -0.4 is 10.1 Å². The molecule has 0 bridgehead atoms. The quantitative estimate of drug-likeness (QED) is 0.820. The maximum Gasteiger partial charge on any atom is 0.573 e. The molecule has 1 N–H and O–H groups in total. The Kier molecular flexibility index (Phi) is 3.42. The van der Waals surface area contributed by atoms with Gasteiger partial charge in [-0.15, -0.1) is 13.2 Å². The molecular weight excluding hydrogens is 305 g/mol. The lowest BCUT2D eigenvalue weighted by atomic mass is 10.0. The van der Waals surface area contributed by atoms with Crippen molar-refractivity contribution in [2.24, 2.45) is 0 Å². The van der Waals surface area contributed by atoms with E-state index in [9.17, 15) is 22.0 Å². The first kappa shape index (κ1) is 14.6. The Morgan fingerprint density at radius 1 is 1.00 bits per heavy atom. The summed E-state index contributed by atoms with van der Waals surface area (Å²) >= 11 is 0. The molecule has 22 heavy (non-hydrogen) atoms. The largest absolute Gasteiger partial charge is 0.573 e. The Balaban J connectivity index is 1.81. The summed E-state index contributed by atoms with van der Waals surface area (Å²) < 4.78 is 66.7. The summed E-state index contributed by atoms with van der Waals surface area (Å²) in [6.45, 7) is 0. The fraction of sp³-hybridized carbons (Fsp3) is 0.200. The topological polar surface area (TPSA) is 21.3 Å². The van der Waals surface area contributed by atoms with Crippen LogP contribution >= 0.6 is 0 Å². The summed E-state index contributed by atoms with van der Waals surface area (Å²) in [6.07, 6.45) is -4.39. The number of ether oxygens (including phenoxy) is 1. The minimum Gasteiger partial charge on any atom is -0.406 e. The zero-order chi connectivity index (χ0) is 15.9. The van der Waals surface area contributed by atoms with Gasteiger partial charge in [-0.25, -0.2) is 8.78 Å². The summed E-state index contributed by atoms with van der Waals surface area (Å²) in [7, 11) is 0. The Hall–Kier alpha value is -2.31. The van der Waals surface area contributed by atoms with E-state index in [0.717, 1.165) is 12.1 Å². The predicted octanol–water partition coefficient (Wildman–Crippen LogP) is 4.57. The van der Waals surface area contributed by atoms with Gasteiger partial charge in [-0.1, -0.05) is 6.07 Å². The van der Waals surface area contributed by atoms with Gasteiger partial charge >= 0.3 is 6.36 Å². The molecule has 1 atom stereocenters. The van der Waals surface area contributed by atoms with Crippen molar-refractivity contribution in [3.63, 3.8) is 0 Å². The number of rotatable bonds is 2. The molecule has 0 aliphatic carbocycles. The van der Waals surface area contributed by atoms with Crippen molar-refractivity contribution in [2.75, 3.05) is 5.32 Å². The van der Waals surface area contributed by atoms with Gasteiger partial charge in [0.05, 0.1) is 6.04 Å². The molecular formula is C15H10F5NO. The third-order valence-corrected chi connectivity index (χ3v) is 3.41. The van der Waals surface area contributed by atoms with Gasteiger partial charge in [0, 0.05) is 5.69 Å². The standard InChI is InChI=1S/C15H10F5NO/c16-11-3-1-8(6-12(11)17)14-7-9-5-10(22-15(18,19)20)2-4-13(9)21-14/h1-6,14,21H,7H2. The fourth-order valence-electron chi connectivity index (χ4n) is 2.47. The highest BCUT2D eigenvalue weighted by Gasteiger charge is 2.32. The van der Waals surface area contributed by atoms with Crippen LogP contribution in [0.25, 0.3) is 0 Å². The summed E-state index contributed by atoms with van der Waals surface area (Å²) in [4.78, 5) is 0. The van der Waals surface area contributed by atoms with Crippen molar-refractivity contribution < 1.29 is 26.7 Å². The molecule has 0 aromatic heterocycles. The van der Waals surface area contributed by atoms with E-state index in [1.54, 1.807) is 0 Å². The number of nitrogens with one attached hydrogen (secondary N) is 1. The average molecular weight is 315 g/mol. The zero-order valence-corrected chi connectivity index (χ0v) is 11.0. The highest BCUT2D eigenvalue weighted by atomic mass is 19.4. The van der Waals surface area contributed by atoms with Crippen molar-refractivity contribution in [1.82, 2.24) is 0 Å². The van der Waals surface area contributed by atoms with E-state index in [1.807, 2.05) is 0 Å². The van der Waals surface area contributed by atoms with Crippen molar-refractivity contribution in [1.29, 1.82) is 0 Å². The first-order valence-electron chi connectivity index (χ1n) is 6.42. The maximum atomic E-state index is 13.3. The molecule has 0 fully saturated rings. The molecule has 0 spiro atoms. The molecule has 3 rings (SSSR count). The molecule has 0 saturated carbocycles. The summed E-state index contributed by atoms with van der Waals surface area (Å²) in [5.74, 6) is -2.21. The smallest absolute Gasteiger partial charge is 0.406 e. The minimum atomic E-state index is -4.75. The van der Waals surface area contributed by atoms with Crippen LogP contribution in [0.4, 0.5) is 27.6 Å². The maximum absolute atomic E-state index is 13.3. The first-order valence-corrected chi connectivity index (χ1v) is 6.42. The van der Waals surface area contributed by atoms with Crippen molar-refractivity contribution in [3.8, 4) is 5.75 Å². The van der Waals surface area contributed by atoms with E-state index in [4.69, 9.17) is 0 Å². The van der Waals surface area contributed by atoms with Gasteiger partial charge in [0.2, 0.25) is 0 Å². The normalized spacial score (nSPS) is 17.0. The van der Waals surface area contributed by atoms with Gasteiger partial charge in [-0.2, -0.15) is 0 Å². The van der Waals surface area contributed by atoms with Crippen molar-refractivity contribution in [2.45, 2.75) is 18.8 Å². The lowest BCUT2D eigenvalue weighted by Crippen LogP contribution is -2.17. The number of fused-ring (bicyclic) bond motifs is 1. The van der Waals surface area contributed by atoms with E-state index in [0.29, 0.717) is 23.2 Å². The van der Waals surface area contributed by atoms with Crippen LogP contribution in [-0.4, -0.2) is 6.36 Å². The number of benzene rings is 2. The van der Waals surface area contributed by atoms with Crippen LogP contribution in [0.5, 0.6) is 5.75 Å². The molecule has 2 nitrogen and oxygen atoms in total. The lowest BCUT2D eigenvalue weighted by Gasteiger charge is -2.11. The van der Waals surface area contributed by atoms with Gasteiger partial charge in [-0.3, -0.25) is 0 Å². The Bertz CT molecular complexity index is 714. The molecule has 1 aliphatic heterocycles. The van der Waals surface area contributed by atoms with E-state index in [2.05, 4.69) is 10.1 Å². The second-order valence-corrected chi connectivity index (χ2v) is 4.94. The monoisotopic (exact) mass is 315 g/mol. The Morgan fingerprint density at radius 3 is 2.45 bits per heavy atom. The highest BCUT2D eigenvalue weighted by Crippen LogP contribution is 2.37. The van der Waals surface area contributed by atoms with E-state index in [-0.39, 0.29) is 11.8 Å².